The summed E-state index contributed by atoms with van der Waals surface area (Å²) in [5.74, 6) is 0. The van der Waals surface area contributed by atoms with Gasteiger partial charge in [0.25, 0.3) is 0 Å². The second-order valence-electron chi connectivity index (χ2n) is 0.766. The zero-order valence-corrected chi connectivity index (χ0v) is 5.10. The van der Waals surface area contributed by atoms with E-state index in [4.69, 9.17) is 5.73 Å². The first-order chi connectivity index (χ1) is 2.41. The predicted octanol–water partition coefficient (Wildman–Crippen LogP) is 0.880. The molecule has 2 radical (unpaired) electrons. The van der Waals surface area contributed by atoms with Gasteiger partial charge in [-0.15, -0.1) is 5.73 Å². The first kappa shape index (κ1) is 5.69. The SMILES string of the molecule is [N]CCCI. The summed E-state index contributed by atoms with van der Waals surface area (Å²) in [4.78, 5) is 0. The fourth-order valence-electron chi connectivity index (χ4n) is 0.0598. The molecule has 0 aliphatic rings. The molecule has 30 valence electrons. The molecule has 0 spiro atoms. The summed E-state index contributed by atoms with van der Waals surface area (Å²) in [5, 5.41) is 0. The van der Waals surface area contributed by atoms with E-state index in [-0.39, 0.29) is 0 Å². The van der Waals surface area contributed by atoms with Gasteiger partial charge in [0.2, 0.25) is 0 Å². The van der Waals surface area contributed by atoms with Crippen LogP contribution < -0.4 is 5.73 Å². The maximum Gasteiger partial charge on any atom is 0.0328 e. The summed E-state index contributed by atoms with van der Waals surface area (Å²) in [6.07, 6.45) is 0.931. The van der Waals surface area contributed by atoms with Crippen LogP contribution in [0, 0.1) is 0 Å². The standard InChI is InChI=1S/C3H6IN/c4-2-1-3-5/h1-3H2. The molecule has 0 atom stereocenters. The Labute approximate surface area is 46.1 Å². The Morgan fingerprint density at radius 2 is 2.20 bits per heavy atom. The van der Waals surface area contributed by atoms with Crippen molar-refractivity contribution in [2.24, 2.45) is 0 Å². The number of rotatable bonds is 2. The van der Waals surface area contributed by atoms with Crippen molar-refractivity contribution in [2.75, 3.05) is 11.0 Å². The van der Waals surface area contributed by atoms with Gasteiger partial charge in [-0.05, 0) is 6.42 Å². The van der Waals surface area contributed by atoms with Gasteiger partial charge in [-0.25, -0.2) is 0 Å². The topological polar surface area (TPSA) is 22.3 Å². The molecule has 0 aliphatic heterocycles. The highest BCUT2D eigenvalue weighted by atomic mass is 127. The largest absolute Gasteiger partial charge is 0.145 e. The maximum absolute atomic E-state index is 8.06. The third-order valence-corrected chi connectivity index (χ3v) is 1.05. The van der Waals surface area contributed by atoms with E-state index in [2.05, 4.69) is 22.6 Å². The van der Waals surface area contributed by atoms with Crippen molar-refractivity contribution >= 4 is 22.6 Å². The van der Waals surface area contributed by atoms with Gasteiger partial charge in [0.15, 0.2) is 0 Å². The molecule has 0 bridgehead atoms. The number of alkyl halides is 1. The lowest BCUT2D eigenvalue weighted by molar-refractivity contribution is 0.928. The molecule has 2 heteroatoms. The molecule has 0 aromatic heterocycles. The van der Waals surface area contributed by atoms with Gasteiger partial charge >= 0.3 is 0 Å². The van der Waals surface area contributed by atoms with E-state index in [0.29, 0.717) is 6.54 Å². The quantitative estimate of drug-likeness (QED) is 0.448. The molecule has 5 heavy (non-hydrogen) atoms. The highest BCUT2D eigenvalue weighted by Gasteiger charge is 1.71. The maximum atomic E-state index is 8.06. The highest BCUT2D eigenvalue weighted by Crippen LogP contribution is 1.82. The van der Waals surface area contributed by atoms with Crippen LogP contribution >= 0.6 is 22.6 Å². The highest BCUT2D eigenvalue weighted by molar-refractivity contribution is 14.1. The Balaban J connectivity index is 2.19. The molecule has 0 rings (SSSR count). The van der Waals surface area contributed by atoms with Crippen LogP contribution in [0.1, 0.15) is 6.42 Å². The van der Waals surface area contributed by atoms with Gasteiger partial charge in [0.1, 0.15) is 0 Å². The lowest BCUT2D eigenvalue weighted by atomic mass is 10.5. The molecule has 0 N–H and O–H groups in total. The Bertz CT molecular complexity index is 14.4. The third kappa shape index (κ3) is 4.69. The van der Waals surface area contributed by atoms with Crippen LogP contribution in [0.4, 0.5) is 0 Å². The first-order valence-electron chi connectivity index (χ1n) is 1.58. The summed E-state index contributed by atoms with van der Waals surface area (Å²) in [7, 11) is 0. The van der Waals surface area contributed by atoms with Gasteiger partial charge in [-0.1, -0.05) is 22.6 Å². The molecule has 0 saturated heterocycles. The first-order valence-corrected chi connectivity index (χ1v) is 3.11. The van der Waals surface area contributed by atoms with Crippen LogP contribution in [-0.4, -0.2) is 11.0 Å². The predicted molar refractivity (Wildman–Crippen MR) is 30.5 cm³/mol. The third-order valence-electron chi connectivity index (χ3n) is 0.292. The molecule has 0 amide bonds. The number of nitrogens with zero attached hydrogens (tertiary/aromatic N) is 1. The second-order valence-corrected chi connectivity index (χ2v) is 1.84. The van der Waals surface area contributed by atoms with E-state index in [9.17, 15) is 0 Å². The number of halogens is 1. The van der Waals surface area contributed by atoms with E-state index >= 15 is 0 Å². The van der Waals surface area contributed by atoms with E-state index in [1.54, 1.807) is 0 Å². The lowest BCUT2D eigenvalue weighted by Crippen LogP contribution is -1.82. The van der Waals surface area contributed by atoms with Crippen LogP contribution in [0.15, 0.2) is 0 Å². The minimum atomic E-state index is 0.336. The Morgan fingerprint density at radius 1 is 1.60 bits per heavy atom. The summed E-state index contributed by atoms with van der Waals surface area (Å²) < 4.78 is 1.06. The Morgan fingerprint density at radius 3 is 2.20 bits per heavy atom. The monoisotopic (exact) mass is 183 g/mol. The van der Waals surface area contributed by atoms with Gasteiger partial charge in [-0.3, -0.25) is 0 Å². The fraction of sp³-hybridized carbons (Fsp3) is 1.00. The molecule has 0 fully saturated rings. The minimum absolute atomic E-state index is 0.336. The zero-order valence-electron chi connectivity index (χ0n) is 2.95. The minimum Gasteiger partial charge on any atom is -0.145 e. The molecule has 0 aromatic rings. The molecule has 1 nitrogen and oxygen atoms in total. The van der Waals surface area contributed by atoms with E-state index in [0.717, 1.165) is 10.8 Å². The summed E-state index contributed by atoms with van der Waals surface area (Å²) >= 11 is 2.23. The molecule has 0 unspecified atom stereocenters. The normalized spacial score (nSPS) is 8.40. The summed E-state index contributed by atoms with van der Waals surface area (Å²) in [5.41, 5.74) is 8.06. The number of hydrogen-bond donors (Lipinski definition) is 0. The van der Waals surface area contributed by atoms with Crippen LogP contribution in [0.5, 0.6) is 0 Å². The molecule has 0 aliphatic carbocycles. The smallest absolute Gasteiger partial charge is 0.0328 e. The Hall–Kier alpha value is 0.690. The second kappa shape index (κ2) is 4.69. The van der Waals surface area contributed by atoms with Crippen molar-refractivity contribution < 1.29 is 0 Å². The van der Waals surface area contributed by atoms with Crippen molar-refractivity contribution in [1.82, 2.24) is 5.73 Å². The molecule has 0 saturated carbocycles. The fourth-order valence-corrected chi connectivity index (χ4v) is 0.401. The van der Waals surface area contributed by atoms with Crippen molar-refractivity contribution in [2.45, 2.75) is 6.42 Å². The summed E-state index contributed by atoms with van der Waals surface area (Å²) in [6, 6.07) is 0. The summed E-state index contributed by atoms with van der Waals surface area (Å²) in [6.45, 7) is 0.336. The van der Waals surface area contributed by atoms with Gasteiger partial charge in [0, 0.05) is 11.0 Å². The molecular formula is C3H6IN. The van der Waals surface area contributed by atoms with Crippen molar-refractivity contribution in [3.05, 3.63) is 0 Å². The molecular weight excluding hydrogens is 177 g/mol. The van der Waals surface area contributed by atoms with E-state index in [1.165, 1.54) is 0 Å². The average Bonchev–Trinajstić information content (AvgIpc) is 1.41. The average molecular weight is 183 g/mol. The molecule has 0 aromatic carbocycles. The Kier molecular flexibility index (Phi) is 5.34. The van der Waals surface area contributed by atoms with E-state index < -0.39 is 0 Å². The van der Waals surface area contributed by atoms with Gasteiger partial charge < -0.3 is 0 Å². The van der Waals surface area contributed by atoms with Gasteiger partial charge in [0.05, 0.1) is 0 Å². The van der Waals surface area contributed by atoms with Crippen LogP contribution in [0.25, 0.3) is 0 Å². The molecule has 0 heterocycles. The number of hydrogen-bond acceptors (Lipinski definition) is 0. The van der Waals surface area contributed by atoms with Crippen molar-refractivity contribution in [1.29, 1.82) is 0 Å². The van der Waals surface area contributed by atoms with E-state index in [1.807, 2.05) is 0 Å². The van der Waals surface area contributed by atoms with Crippen LogP contribution in [-0.2, 0) is 0 Å². The van der Waals surface area contributed by atoms with Crippen LogP contribution in [0.3, 0.4) is 0 Å². The van der Waals surface area contributed by atoms with Crippen molar-refractivity contribution in [3.63, 3.8) is 0 Å². The zero-order chi connectivity index (χ0) is 4.12. The lowest BCUT2D eigenvalue weighted by Gasteiger charge is -1.75. The van der Waals surface area contributed by atoms with Gasteiger partial charge in [-0.2, -0.15) is 0 Å². The van der Waals surface area contributed by atoms with Crippen molar-refractivity contribution in [3.8, 4) is 0 Å². The van der Waals surface area contributed by atoms with Crippen LogP contribution in [0.2, 0.25) is 0 Å².